The molecule has 1 fully saturated rings. The lowest BCUT2D eigenvalue weighted by Gasteiger charge is -2.26. The highest BCUT2D eigenvalue weighted by Crippen LogP contribution is 2.36. The van der Waals surface area contributed by atoms with E-state index in [-0.39, 0.29) is 28.2 Å². The van der Waals surface area contributed by atoms with E-state index in [0.717, 1.165) is 16.8 Å². The Bertz CT molecular complexity index is 1180. The Hall–Kier alpha value is -3.41. The topological polar surface area (TPSA) is 133 Å². The second kappa shape index (κ2) is 8.61. The highest BCUT2D eigenvalue weighted by Gasteiger charge is 2.31. The summed E-state index contributed by atoms with van der Waals surface area (Å²) in [6, 6.07) is 8.45. The zero-order chi connectivity index (χ0) is 23.0. The zero-order valence-electron chi connectivity index (χ0n) is 17.7. The van der Waals surface area contributed by atoms with Gasteiger partial charge in [-0.05, 0) is 49.4 Å². The van der Waals surface area contributed by atoms with Crippen LogP contribution < -0.4 is 21.7 Å². The smallest absolute Gasteiger partial charge is 0.269 e. The quantitative estimate of drug-likeness (QED) is 0.497. The summed E-state index contributed by atoms with van der Waals surface area (Å²) in [7, 11) is 1.49. The normalized spacial score (nSPS) is 18.2. The van der Waals surface area contributed by atoms with Crippen LogP contribution in [0.15, 0.2) is 30.3 Å². The number of pyridine rings is 1. The summed E-state index contributed by atoms with van der Waals surface area (Å²) in [5.41, 5.74) is 9.63. The van der Waals surface area contributed by atoms with E-state index < -0.39 is 11.9 Å². The number of anilines is 2. The fourth-order valence-electron chi connectivity index (χ4n) is 3.80. The summed E-state index contributed by atoms with van der Waals surface area (Å²) in [6.07, 6.45) is 3.91. The van der Waals surface area contributed by atoms with Gasteiger partial charge in [0, 0.05) is 36.1 Å². The van der Waals surface area contributed by atoms with Gasteiger partial charge in [-0.2, -0.15) is 5.26 Å². The number of halogens is 1. The number of rotatable bonds is 6. The first-order valence-corrected chi connectivity index (χ1v) is 10.7. The average Bonchev–Trinajstić information content (AvgIpc) is 3.62. The largest absolute Gasteiger partial charge is 0.382 e. The molecule has 0 bridgehead atoms. The third kappa shape index (κ3) is 4.17. The molecule has 164 valence electrons. The van der Waals surface area contributed by atoms with Crippen molar-refractivity contribution in [3.05, 3.63) is 57.9 Å². The summed E-state index contributed by atoms with van der Waals surface area (Å²) in [5, 5.41) is 18.6. The third-order valence-corrected chi connectivity index (χ3v) is 6.08. The molecule has 9 heteroatoms. The number of ketones is 1. The van der Waals surface area contributed by atoms with Gasteiger partial charge in [0.2, 0.25) is 0 Å². The first-order valence-electron chi connectivity index (χ1n) is 10.3. The van der Waals surface area contributed by atoms with E-state index >= 15 is 0 Å². The van der Waals surface area contributed by atoms with Gasteiger partial charge in [0.1, 0.15) is 22.5 Å². The van der Waals surface area contributed by atoms with Crippen molar-refractivity contribution < 1.29 is 9.59 Å². The van der Waals surface area contributed by atoms with Crippen LogP contribution in [0, 0.1) is 17.2 Å². The second-order valence-electron chi connectivity index (χ2n) is 8.05. The van der Waals surface area contributed by atoms with E-state index in [1.54, 1.807) is 18.2 Å². The lowest BCUT2D eigenvalue weighted by molar-refractivity contribution is -0.116. The van der Waals surface area contributed by atoms with Gasteiger partial charge in [-0.3, -0.25) is 9.59 Å². The zero-order valence-corrected chi connectivity index (χ0v) is 18.5. The maximum atomic E-state index is 12.4. The first-order chi connectivity index (χ1) is 15.3. The summed E-state index contributed by atoms with van der Waals surface area (Å²) in [4.78, 5) is 28.4. The molecule has 32 heavy (non-hydrogen) atoms. The maximum Gasteiger partial charge on any atom is 0.269 e. The number of hydrogen-bond acceptors (Lipinski definition) is 7. The SMILES string of the molecule is CNC(=O)c1cc(Nc2ccc3c(c2)C(NC(C)C2CC2)=CC(=O)C3N)c(C#N)c(Cl)n1. The number of fused-ring (bicyclic) bond motifs is 1. The molecule has 2 aliphatic carbocycles. The van der Waals surface area contributed by atoms with Gasteiger partial charge in [-0.1, -0.05) is 17.7 Å². The monoisotopic (exact) mass is 450 g/mol. The average molecular weight is 451 g/mol. The molecule has 1 aromatic heterocycles. The Kier molecular flexibility index (Phi) is 5.87. The summed E-state index contributed by atoms with van der Waals surface area (Å²) in [5.74, 6) is 0.0381. The minimum absolute atomic E-state index is 0.0674. The molecule has 1 heterocycles. The molecular weight excluding hydrogens is 428 g/mol. The Balaban J connectivity index is 1.71. The van der Waals surface area contributed by atoms with Crippen molar-refractivity contribution in [1.29, 1.82) is 5.26 Å². The molecule has 2 aromatic rings. The molecule has 2 unspecified atom stereocenters. The number of hydrogen-bond donors (Lipinski definition) is 4. The standard InChI is InChI=1S/C23H23ClN6O2/c1-11(12-3-4-12)28-18-9-20(31)21(26)14-6-5-13(7-15(14)18)29-17-8-19(23(32)27-2)30-22(24)16(17)10-25/h5-9,11-12,21,28H,3-4,26H2,1-2H3,(H,27,32)(H,29,30). The van der Waals surface area contributed by atoms with Crippen LogP contribution in [0.3, 0.4) is 0 Å². The fourth-order valence-corrected chi connectivity index (χ4v) is 4.03. The van der Waals surface area contributed by atoms with Gasteiger partial charge >= 0.3 is 0 Å². The summed E-state index contributed by atoms with van der Waals surface area (Å²) < 4.78 is 0. The Morgan fingerprint density at radius 3 is 2.75 bits per heavy atom. The molecule has 2 atom stereocenters. The van der Waals surface area contributed by atoms with Crippen LogP contribution in [0.1, 0.15) is 53.0 Å². The molecule has 8 nitrogen and oxygen atoms in total. The first kappa shape index (κ1) is 21.8. The van der Waals surface area contributed by atoms with Gasteiger partial charge in [0.05, 0.1) is 11.7 Å². The van der Waals surface area contributed by atoms with E-state index in [0.29, 0.717) is 17.3 Å². The number of nitriles is 1. The van der Waals surface area contributed by atoms with Gasteiger partial charge in [0.15, 0.2) is 5.78 Å². The Labute approximate surface area is 190 Å². The van der Waals surface area contributed by atoms with Crippen molar-refractivity contribution >= 4 is 40.4 Å². The number of carbonyl (C=O) groups excluding carboxylic acids is 2. The van der Waals surface area contributed by atoms with E-state index in [1.165, 1.54) is 26.0 Å². The maximum absolute atomic E-state index is 12.4. The van der Waals surface area contributed by atoms with E-state index in [1.807, 2.05) is 12.1 Å². The number of nitrogens with two attached hydrogens (primary N) is 1. The minimum Gasteiger partial charge on any atom is -0.382 e. The molecule has 5 N–H and O–H groups in total. The van der Waals surface area contributed by atoms with Gasteiger partial charge in [-0.25, -0.2) is 4.98 Å². The predicted octanol–water partition coefficient (Wildman–Crippen LogP) is 3.02. The van der Waals surface area contributed by atoms with Gasteiger partial charge < -0.3 is 21.7 Å². The fraction of sp³-hybridized carbons (Fsp3) is 0.304. The molecule has 2 aliphatic rings. The molecule has 4 rings (SSSR count). The number of nitrogens with zero attached hydrogens (tertiary/aromatic N) is 2. The van der Waals surface area contributed by atoms with E-state index in [9.17, 15) is 14.9 Å². The van der Waals surface area contributed by atoms with Crippen molar-refractivity contribution in [1.82, 2.24) is 15.6 Å². The van der Waals surface area contributed by atoms with Crippen LogP contribution in [0.4, 0.5) is 11.4 Å². The van der Waals surface area contributed by atoms with E-state index in [2.05, 4.69) is 27.9 Å². The molecule has 1 aromatic carbocycles. The van der Waals surface area contributed by atoms with Crippen LogP contribution in [-0.2, 0) is 4.79 Å². The van der Waals surface area contributed by atoms with Crippen molar-refractivity contribution in [3.8, 4) is 6.07 Å². The second-order valence-corrected chi connectivity index (χ2v) is 8.41. The van der Waals surface area contributed by atoms with Crippen molar-refractivity contribution in [2.75, 3.05) is 12.4 Å². The summed E-state index contributed by atoms with van der Waals surface area (Å²) >= 11 is 6.14. The minimum atomic E-state index is -0.731. The van der Waals surface area contributed by atoms with Crippen LogP contribution in [0.5, 0.6) is 0 Å². The highest BCUT2D eigenvalue weighted by molar-refractivity contribution is 6.31. The van der Waals surface area contributed by atoms with Crippen LogP contribution in [0.2, 0.25) is 5.15 Å². The molecule has 1 saturated carbocycles. The number of nitrogens with one attached hydrogen (secondary N) is 3. The van der Waals surface area contributed by atoms with E-state index in [4.69, 9.17) is 17.3 Å². The number of carbonyl (C=O) groups is 2. The lowest BCUT2D eigenvalue weighted by atomic mass is 9.89. The number of benzene rings is 1. The van der Waals surface area contributed by atoms with Crippen LogP contribution >= 0.6 is 11.6 Å². The third-order valence-electron chi connectivity index (χ3n) is 5.81. The summed E-state index contributed by atoms with van der Waals surface area (Å²) in [6.45, 7) is 2.11. The Morgan fingerprint density at radius 2 is 2.09 bits per heavy atom. The molecule has 0 aliphatic heterocycles. The lowest BCUT2D eigenvalue weighted by Crippen LogP contribution is -2.32. The molecule has 0 spiro atoms. The molecule has 0 saturated heterocycles. The van der Waals surface area contributed by atoms with Crippen LogP contribution in [0.25, 0.3) is 5.70 Å². The number of aromatic nitrogens is 1. The van der Waals surface area contributed by atoms with Crippen molar-refractivity contribution in [3.63, 3.8) is 0 Å². The van der Waals surface area contributed by atoms with Gasteiger partial charge in [0.25, 0.3) is 5.91 Å². The van der Waals surface area contributed by atoms with Gasteiger partial charge in [-0.15, -0.1) is 0 Å². The highest BCUT2D eigenvalue weighted by atomic mass is 35.5. The predicted molar refractivity (Wildman–Crippen MR) is 122 cm³/mol. The van der Waals surface area contributed by atoms with Crippen molar-refractivity contribution in [2.24, 2.45) is 11.7 Å². The Morgan fingerprint density at radius 1 is 1.34 bits per heavy atom. The molecule has 1 amide bonds. The number of amides is 1. The molecular formula is C23H23ClN6O2. The van der Waals surface area contributed by atoms with Crippen molar-refractivity contribution in [2.45, 2.75) is 31.8 Å². The van der Waals surface area contributed by atoms with Crippen LogP contribution in [-0.4, -0.2) is 29.8 Å². The molecule has 0 radical (unpaired) electrons.